The molecule has 0 bridgehead atoms. The van der Waals surface area contributed by atoms with E-state index in [0.29, 0.717) is 23.8 Å². The number of thiophene rings is 1. The molecule has 1 heterocycles. The Labute approximate surface area is 87.9 Å². The van der Waals surface area contributed by atoms with Gasteiger partial charge in [0.2, 0.25) is 0 Å². The molecule has 0 aliphatic carbocycles. The predicted molar refractivity (Wildman–Crippen MR) is 58.8 cm³/mol. The molecule has 0 atom stereocenters. The van der Waals surface area contributed by atoms with E-state index < -0.39 is 0 Å². The van der Waals surface area contributed by atoms with E-state index in [4.69, 9.17) is 10.5 Å². The highest BCUT2D eigenvalue weighted by Gasteiger charge is 2.20. The van der Waals surface area contributed by atoms with E-state index >= 15 is 0 Å². The molecule has 0 saturated carbocycles. The third-order valence-electron chi connectivity index (χ3n) is 1.85. The summed E-state index contributed by atoms with van der Waals surface area (Å²) >= 11 is 1.51. The Kier molecular flexibility index (Phi) is 3.52. The lowest BCUT2D eigenvalue weighted by Crippen LogP contribution is -2.08. The summed E-state index contributed by atoms with van der Waals surface area (Å²) in [7, 11) is 0. The number of nitrogen functional groups attached to an aromatic ring is 1. The van der Waals surface area contributed by atoms with Gasteiger partial charge in [-0.3, -0.25) is 0 Å². The van der Waals surface area contributed by atoms with E-state index in [0.717, 1.165) is 4.88 Å². The van der Waals surface area contributed by atoms with Crippen molar-refractivity contribution >= 4 is 23.0 Å². The zero-order valence-corrected chi connectivity index (χ0v) is 9.48. The smallest absolute Gasteiger partial charge is 0.341 e. The molecule has 14 heavy (non-hydrogen) atoms. The van der Waals surface area contributed by atoms with Gasteiger partial charge in [-0.15, -0.1) is 11.3 Å². The Morgan fingerprint density at radius 3 is 2.79 bits per heavy atom. The Morgan fingerprint density at radius 2 is 2.29 bits per heavy atom. The van der Waals surface area contributed by atoms with Crippen molar-refractivity contribution in [2.45, 2.75) is 26.7 Å². The third-order valence-corrected chi connectivity index (χ3v) is 3.15. The van der Waals surface area contributed by atoms with Gasteiger partial charge in [0, 0.05) is 10.3 Å². The van der Waals surface area contributed by atoms with Crippen LogP contribution < -0.4 is 5.73 Å². The fraction of sp³-hybridized carbons (Fsp3) is 0.500. The van der Waals surface area contributed by atoms with E-state index in [1.807, 2.05) is 13.8 Å². The number of rotatable bonds is 3. The minimum atomic E-state index is -0.310. The molecule has 0 radical (unpaired) electrons. The molecule has 3 nitrogen and oxygen atoms in total. The predicted octanol–water partition coefficient (Wildman–Crippen LogP) is 2.63. The van der Waals surface area contributed by atoms with Crippen LogP contribution in [-0.2, 0) is 4.74 Å². The first kappa shape index (κ1) is 11.0. The molecule has 4 heteroatoms. The van der Waals surface area contributed by atoms with Gasteiger partial charge in [0.05, 0.1) is 17.9 Å². The van der Waals surface area contributed by atoms with Crippen LogP contribution >= 0.6 is 11.3 Å². The lowest BCUT2D eigenvalue weighted by Gasteiger charge is -2.06. The Bertz CT molecular complexity index is 331. The van der Waals surface area contributed by atoms with Crippen molar-refractivity contribution < 1.29 is 9.53 Å². The molecular weight excluding hydrogens is 198 g/mol. The second-order valence-electron chi connectivity index (χ2n) is 3.31. The molecule has 1 aromatic rings. The summed E-state index contributed by atoms with van der Waals surface area (Å²) in [6.07, 6.45) is 0. The van der Waals surface area contributed by atoms with Crippen molar-refractivity contribution in [1.82, 2.24) is 0 Å². The monoisotopic (exact) mass is 213 g/mol. The molecule has 0 aliphatic rings. The summed E-state index contributed by atoms with van der Waals surface area (Å²) in [6, 6.07) is 0. The van der Waals surface area contributed by atoms with Gasteiger partial charge in [0.15, 0.2) is 0 Å². The number of anilines is 1. The van der Waals surface area contributed by atoms with Gasteiger partial charge in [-0.05, 0) is 12.8 Å². The van der Waals surface area contributed by atoms with Crippen LogP contribution in [0.25, 0.3) is 0 Å². The Morgan fingerprint density at radius 1 is 1.64 bits per heavy atom. The van der Waals surface area contributed by atoms with Crippen molar-refractivity contribution in [1.29, 1.82) is 0 Å². The molecule has 0 fully saturated rings. The van der Waals surface area contributed by atoms with Gasteiger partial charge >= 0.3 is 5.97 Å². The van der Waals surface area contributed by atoms with Gasteiger partial charge < -0.3 is 10.5 Å². The number of hydrogen-bond acceptors (Lipinski definition) is 4. The second-order valence-corrected chi connectivity index (χ2v) is 4.22. The van der Waals surface area contributed by atoms with Crippen molar-refractivity contribution in [2.24, 2.45) is 0 Å². The van der Waals surface area contributed by atoms with Crippen molar-refractivity contribution in [3.63, 3.8) is 0 Å². The van der Waals surface area contributed by atoms with Crippen LogP contribution in [0.4, 0.5) is 5.69 Å². The topological polar surface area (TPSA) is 52.3 Å². The molecule has 0 amide bonds. The SMILES string of the molecule is CCOC(=O)c1c(N)csc1C(C)C. The molecule has 1 rings (SSSR count). The van der Waals surface area contributed by atoms with Crippen LogP contribution in [0.15, 0.2) is 5.38 Å². The molecule has 0 saturated heterocycles. The fourth-order valence-electron chi connectivity index (χ4n) is 1.23. The molecule has 1 aromatic heterocycles. The summed E-state index contributed by atoms with van der Waals surface area (Å²) in [4.78, 5) is 12.6. The van der Waals surface area contributed by atoms with E-state index in [-0.39, 0.29) is 5.97 Å². The minimum Gasteiger partial charge on any atom is -0.462 e. The zero-order chi connectivity index (χ0) is 10.7. The maximum atomic E-state index is 11.6. The van der Waals surface area contributed by atoms with E-state index in [9.17, 15) is 4.79 Å². The molecule has 0 unspecified atom stereocenters. The van der Waals surface area contributed by atoms with E-state index in [1.165, 1.54) is 11.3 Å². The molecule has 0 spiro atoms. The molecular formula is C10H15NO2S. The maximum absolute atomic E-state index is 11.6. The standard InChI is InChI=1S/C10H15NO2S/c1-4-13-10(12)8-7(11)5-14-9(8)6(2)3/h5-6H,4,11H2,1-3H3. The van der Waals surface area contributed by atoms with Crippen LogP contribution in [0, 0.1) is 0 Å². The highest BCUT2D eigenvalue weighted by molar-refractivity contribution is 7.11. The Balaban J connectivity index is 3.04. The summed E-state index contributed by atoms with van der Waals surface area (Å²) in [5.41, 5.74) is 6.79. The van der Waals surface area contributed by atoms with Crippen molar-refractivity contribution in [3.8, 4) is 0 Å². The lowest BCUT2D eigenvalue weighted by atomic mass is 10.1. The zero-order valence-electron chi connectivity index (χ0n) is 8.66. The maximum Gasteiger partial charge on any atom is 0.341 e. The average molecular weight is 213 g/mol. The molecule has 2 N–H and O–H groups in total. The molecule has 0 aliphatic heterocycles. The number of esters is 1. The number of carbonyl (C=O) groups excluding carboxylic acids is 1. The van der Waals surface area contributed by atoms with Crippen LogP contribution in [0.3, 0.4) is 0 Å². The number of nitrogens with two attached hydrogens (primary N) is 1. The van der Waals surface area contributed by atoms with Crippen LogP contribution in [-0.4, -0.2) is 12.6 Å². The van der Waals surface area contributed by atoms with Gasteiger partial charge in [-0.25, -0.2) is 4.79 Å². The summed E-state index contributed by atoms with van der Waals surface area (Å²) in [5.74, 6) is -0.00773. The number of hydrogen-bond donors (Lipinski definition) is 1. The summed E-state index contributed by atoms with van der Waals surface area (Å²) in [6.45, 7) is 6.24. The van der Waals surface area contributed by atoms with Crippen LogP contribution in [0.5, 0.6) is 0 Å². The van der Waals surface area contributed by atoms with Crippen molar-refractivity contribution in [3.05, 3.63) is 15.8 Å². The van der Waals surface area contributed by atoms with Gasteiger partial charge in [0.25, 0.3) is 0 Å². The van der Waals surface area contributed by atoms with Gasteiger partial charge in [0.1, 0.15) is 0 Å². The second kappa shape index (κ2) is 4.46. The largest absolute Gasteiger partial charge is 0.462 e. The fourth-order valence-corrected chi connectivity index (χ4v) is 2.20. The van der Waals surface area contributed by atoms with E-state index in [2.05, 4.69) is 0 Å². The summed E-state index contributed by atoms with van der Waals surface area (Å²) < 4.78 is 4.95. The number of ether oxygens (including phenoxy) is 1. The lowest BCUT2D eigenvalue weighted by molar-refractivity contribution is 0.0526. The van der Waals surface area contributed by atoms with Gasteiger partial charge in [-0.2, -0.15) is 0 Å². The first-order chi connectivity index (χ1) is 6.57. The first-order valence-electron chi connectivity index (χ1n) is 4.61. The highest BCUT2D eigenvalue weighted by Crippen LogP contribution is 2.31. The quantitative estimate of drug-likeness (QED) is 0.785. The minimum absolute atomic E-state index is 0.303. The van der Waals surface area contributed by atoms with E-state index in [1.54, 1.807) is 12.3 Å². The average Bonchev–Trinajstić information content (AvgIpc) is 2.47. The normalized spacial score (nSPS) is 10.6. The molecule has 0 aromatic carbocycles. The van der Waals surface area contributed by atoms with Crippen LogP contribution in [0.2, 0.25) is 0 Å². The molecule has 78 valence electrons. The first-order valence-corrected chi connectivity index (χ1v) is 5.49. The van der Waals surface area contributed by atoms with Gasteiger partial charge in [-0.1, -0.05) is 13.8 Å². The number of carbonyl (C=O) groups is 1. The highest BCUT2D eigenvalue weighted by atomic mass is 32.1. The Hall–Kier alpha value is -1.03. The third kappa shape index (κ3) is 2.07. The van der Waals surface area contributed by atoms with Crippen molar-refractivity contribution in [2.75, 3.05) is 12.3 Å². The summed E-state index contributed by atoms with van der Waals surface area (Å²) in [5, 5.41) is 1.79. The van der Waals surface area contributed by atoms with Crippen LogP contribution in [0.1, 0.15) is 41.9 Å².